The monoisotopic (exact) mass is 366 g/mol. The number of carbonyl (C=O) groups excluding carboxylic acids is 2. The fraction of sp³-hybridized carbons (Fsp3) is 0.769. The Morgan fingerprint density at radius 2 is 2.04 bits per heavy atom. The number of esters is 1. The molecule has 0 aliphatic carbocycles. The minimum atomic E-state index is -3.95. The molecule has 11 heteroatoms. The third-order valence-electron chi connectivity index (χ3n) is 3.38. The van der Waals surface area contributed by atoms with Gasteiger partial charge in [0, 0.05) is 12.0 Å². The third-order valence-corrected chi connectivity index (χ3v) is 5.04. The smallest absolute Gasteiger partial charge is 0.407 e. The zero-order valence-electron chi connectivity index (χ0n) is 14.0. The predicted molar refractivity (Wildman–Crippen MR) is 82.1 cm³/mol. The lowest BCUT2D eigenvalue weighted by Gasteiger charge is -2.40. The highest BCUT2D eigenvalue weighted by Gasteiger charge is 2.48. The molecule has 1 rings (SSSR count). The normalized spacial score (nSPS) is 27.1. The number of carboxylic acid groups (broad SMARTS) is 1. The second kappa shape index (κ2) is 8.06. The van der Waals surface area contributed by atoms with Crippen LogP contribution in [0.1, 0.15) is 27.2 Å². The summed E-state index contributed by atoms with van der Waals surface area (Å²) in [5.74, 6) is -2.29. The molecule has 1 fully saturated rings. The quantitative estimate of drug-likeness (QED) is 0.428. The lowest BCUT2D eigenvalue weighted by molar-refractivity contribution is -0.141. The number of amides is 1. The molecule has 0 aromatic rings. The van der Waals surface area contributed by atoms with Gasteiger partial charge in [-0.05, 0) is 6.92 Å². The zero-order chi connectivity index (χ0) is 18.5. The van der Waals surface area contributed by atoms with Gasteiger partial charge in [-0.2, -0.15) is 0 Å². The Balaban J connectivity index is 2.75. The Bertz CT molecular complexity index is 550. The van der Waals surface area contributed by atoms with Gasteiger partial charge in [-0.15, -0.1) is 0 Å². The Hall–Kier alpha value is -1.48. The average Bonchev–Trinajstić information content (AvgIpc) is 2.49. The van der Waals surface area contributed by atoms with E-state index in [1.165, 1.54) is 14.0 Å². The highest BCUT2D eigenvalue weighted by Crippen LogP contribution is 2.53. The minimum absolute atomic E-state index is 0.0160. The van der Waals surface area contributed by atoms with Crippen molar-refractivity contribution in [3.63, 3.8) is 0 Å². The molecular weight excluding hydrogens is 343 g/mol. The fourth-order valence-corrected chi connectivity index (χ4v) is 3.83. The third kappa shape index (κ3) is 5.55. The molecule has 10 nitrogen and oxygen atoms in total. The molecule has 1 aliphatic rings. The van der Waals surface area contributed by atoms with Crippen LogP contribution in [0.2, 0.25) is 0 Å². The van der Waals surface area contributed by atoms with Crippen LogP contribution in [0.5, 0.6) is 0 Å². The first-order valence-electron chi connectivity index (χ1n) is 7.29. The van der Waals surface area contributed by atoms with Crippen LogP contribution in [0.3, 0.4) is 0 Å². The lowest BCUT2D eigenvalue weighted by atomic mass is 9.87. The van der Waals surface area contributed by atoms with Gasteiger partial charge < -0.3 is 15.2 Å². The van der Waals surface area contributed by atoms with Crippen molar-refractivity contribution in [3.8, 4) is 0 Å². The second-order valence-corrected chi connectivity index (χ2v) is 7.77. The van der Waals surface area contributed by atoms with Crippen LogP contribution >= 0.6 is 7.75 Å². The number of hydrogen-bond acceptors (Lipinski definition) is 7. The van der Waals surface area contributed by atoms with Crippen molar-refractivity contribution in [1.29, 1.82) is 0 Å². The van der Waals surface area contributed by atoms with E-state index < -0.39 is 43.2 Å². The van der Waals surface area contributed by atoms with Crippen LogP contribution in [-0.2, 0) is 32.7 Å². The maximum absolute atomic E-state index is 12.5. The average molecular weight is 366 g/mol. The summed E-state index contributed by atoms with van der Waals surface area (Å²) in [6.07, 6.45) is -1.15. The van der Waals surface area contributed by atoms with Crippen molar-refractivity contribution in [1.82, 2.24) is 10.4 Å². The molecule has 1 aliphatic heterocycles. The maximum Gasteiger partial charge on any atom is 0.407 e. The number of carbonyl (C=O) groups is 3. The number of nitrogens with one attached hydrogen (secondary N) is 2. The first-order chi connectivity index (χ1) is 11.0. The number of hydrogen-bond donors (Lipinski definition) is 3. The molecule has 0 saturated carbocycles. The van der Waals surface area contributed by atoms with Gasteiger partial charge >= 0.3 is 19.7 Å². The van der Waals surface area contributed by atoms with E-state index in [1.807, 2.05) is 0 Å². The molecule has 3 N–H and O–H groups in total. The van der Waals surface area contributed by atoms with Crippen molar-refractivity contribution in [3.05, 3.63) is 0 Å². The molecule has 0 spiro atoms. The fourth-order valence-electron chi connectivity index (χ4n) is 1.88. The highest BCUT2D eigenvalue weighted by molar-refractivity contribution is 7.51. The summed E-state index contributed by atoms with van der Waals surface area (Å²) >= 11 is 0. The Morgan fingerprint density at radius 1 is 1.42 bits per heavy atom. The lowest BCUT2D eigenvalue weighted by Crippen LogP contribution is -2.51. The van der Waals surface area contributed by atoms with Gasteiger partial charge in [-0.3, -0.25) is 23.4 Å². The van der Waals surface area contributed by atoms with Gasteiger partial charge in [0.15, 0.2) is 6.10 Å². The summed E-state index contributed by atoms with van der Waals surface area (Å²) < 4.78 is 27.4. The van der Waals surface area contributed by atoms with E-state index >= 15 is 0 Å². The molecule has 24 heavy (non-hydrogen) atoms. The molecule has 0 aromatic carbocycles. The topological polar surface area (TPSA) is 140 Å². The van der Waals surface area contributed by atoms with E-state index in [0.717, 1.165) is 0 Å². The summed E-state index contributed by atoms with van der Waals surface area (Å²) in [7, 11) is -2.72. The summed E-state index contributed by atoms with van der Waals surface area (Å²) in [6.45, 7) is 4.60. The zero-order valence-corrected chi connectivity index (χ0v) is 14.9. The van der Waals surface area contributed by atoms with Crippen LogP contribution in [0, 0.1) is 5.41 Å². The number of carboxylic acids is 1. The Kier molecular flexibility index (Phi) is 6.91. The van der Waals surface area contributed by atoms with E-state index in [4.69, 9.17) is 14.2 Å². The highest BCUT2D eigenvalue weighted by atomic mass is 31.2. The standard InChI is InChI=1S/C13H23N2O8P/c1-8(12(18)19)15-24(20)22-7-13(2,3)10(23-24)11(17)14-6-5-9(16)21-4/h8,10H,5-7H2,1-4H3,(H,14,17)(H,15,20)(H,18,19)/t8?,10-,24+/m0/s1. The Labute approximate surface area is 139 Å². The maximum atomic E-state index is 12.5. The molecule has 1 saturated heterocycles. The molecule has 1 unspecified atom stereocenters. The first kappa shape index (κ1) is 20.6. The van der Waals surface area contributed by atoms with Gasteiger partial charge in [0.2, 0.25) is 5.91 Å². The second-order valence-electron chi connectivity index (χ2n) is 6.05. The van der Waals surface area contributed by atoms with Crippen molar-refractivity contribution in [2.75, 3.05) is 20.3 Å². The number of ether oxygens (including phenoxy) is 1. The summed E-state index contributed by atoms with van der Waals surface area (Å²) in [5, 5.41) is 13.6. The molecule has 138 valence electrons. The molecule has 1 heterocycles. The molecule has 1 amide bonds. The Morgan fingerprint density at radius 3 is 2.58 bits per heavy atom. The van der Waals surface area contributed by atoms with E-state index in [2.05, 4.69) is 15.1 Å². The largest absolute Gasteiger partial charge is 0.480 e. The molecule has 3 atom stereocenters. The summed E-state index contributed by atoms with van der Waals surface area (Å²) in [5.41, 5.74) is -0.794. The van der Waals surface area contributed by atoms with Crippen molar-refractivity contribution in [2.24, 2.45) is 5.41 Å². The number of rotatable bonds is 7. The predicted octanol–water partition coefficient (Wildman–Crippen LogP) is 0.278. The summed E-state index contributed by atoms with van der Waals surface area (Å²) in [6, 6.07) is -1.18. The van der Waals surface area contributed by atoms with Crippen LogP contribution in [0.25, 0.3) is 0 Å². The van der Waals surface area contributed by atoms with Gasteiger partial charge in [0.05, 0.1) is 20.1 Å². The van der Waals surface area contributed by atoms with Gasteiger partial charge in [-0.25, -0.2) is 9.65 Å². The van der Waals surface area contributed by atoms with Crippen LogP contribution in [0.4, 0.5) is 0 Å². The van der Waals surface area contributed by atoms with Crippen LogP contribution < -0.4 is 10.4 Å². The summed E-state index contributed by atoms with van der Waals surface area (Å²) in [4.78, 5) is 34.2. The van der Waals surface area contributed by atoms with Gasteiger partial charge in [-0.1, -0.05) is 13.8 Å². The molecule has 0 bridgehead atoms. The first-order valence-corrected chi connectivity index (χ1v) is 8.83. The van der Waals surface area contributed by atoms with Crippen LogP contribution in [0.15, 0.2) is 0 Å². The number of methoxy groups -OCH3 is 1. The SMILES string of the molecule is COC(=O)CCNC(=O)[C@@H]1O[P@@](=O)(NC(C)C(=O)O)OCC1(C)C. The number of aliphatic carboxylic acids is 1. The van der Waals surface area contributed by atoms with E-state index in [1.54, 1.807) is 13.8 Å². The van der Waals surface area contributed by atoms with Crippen molar-refractivity contribution in [2.45, 2.75) is 39.3 Å². The van der Waals surface area contributed by atoms with Crippen LogP contribution in [-0.4, -0.2) is 55.4 Å². The molecule has 0 aromatic heterocycles. The van der Waals surface area contributed by atoms with Crippen molar-refractivity contribution < 1.29 is 37.8 Å². The van der Waals surface area contributed by atoms with E-state index in [9.17, 15) is 18.9 Å². The minimum Gasteiger partial charge on any atom is -0.480 e. The van der Waals surface area contributed by atoms with Crippen molar-refractivity contribution >= 4 is 25.6 Å². The van der Waals surface area contributed by atoms with E-state index in [0.29, 0.717) is 0 Å². The molecule has 0 radical (unpaired) electrons. The van der Waals surface area contributed by atoms with Gasteiger partial charge in [0.25, 0.3) is 0 Å². The van der Waals surface area contributed by atoms with E-state index in [-0.39, 0.29) is 19.6 Å². The van der Waals surface area contributed by atoms with Gasteiger partial charge in [0.1, 0.15) is 6.04 Å². The molecular formula is C13H23N2O8P.